The van der Waals surface area contributed by atoms with E-state index in [9.17, 15) is 9.59 Å². The lowest BCUT2D eigenvalue weighted by molar-refractivity contribution is -0.123. The summed E-state index contributed by atoms with van der Waals surface area (Å²) < 4.78 is 5.45. The van der Waals surface area contributed by atoms with Crippen LogP contribution < -0.4 is 15.6 Å². The maximum Gasteiger partial charge on any atom is 0.257 e. The number of nitrogens with one attached hydrogen (secondary N) is 2. The van der Waals surface area contributed by atoms with Crippen molar-refractivity contribution >= 4 is 16.8 Å². The molecule has 1 aromatic heterocycles. The van der Waals surface area contributed by atoms with Crippen LogP contribution in [0, 0.1) is 0 Å². The van der Waals surface area contributed by atoms with E-state index in [2.05, 4.69) is 10.3 Å². The van der Waals surface area contributed by atoms with E-state index in [0.29, 0.717) is 12.3 Å². The van der Waals surface area contributed by atoms with E-state index >= 15 is 0 Å². The number of aromatic nitrogens is 1. The van der Waals surface area contributed by atoms with Gasteiger partial charge in [-0.15, -0.1) is 0 Å². The zero-order chi connectivity index (χ0) is 15.2. The normalized spacial score (nSPS) is 10.8. The highest BCUT2D eigenvalue weighted by molar-refractivity contribution is 5.80. The molecule has 0 saturated heterocycles. The standard InChI is InChI=1S/C15H19N3O3/c1-18(2)8-7-16-15(20)10-21-12-4-5-13-11(9-12)3-6-14(19)17-13/h3-6,9H,7-8,10H2,1-2H3,(H,16,20)(H,17,19). The molecule has 1 heterocycles. The largest absolute Gasteiger partial charge is 0.484 e. The van der Waals surface area contributed by atoms with Gasteiger partial charge in [0.25, 0.3) is 5.91 Å². The SMILES string of the molecule is CN(C)CCNC(=O)COc1ccc2[nH]c(=O)ccc2c1. The number of ether oxygens (including phenoxy) is 1. The molecule has 2 rings (SSSR count). The first-order valence-corrected chi connectivity index (χ1v) is 6.72. The van der Waals surface area contributed by atoms with Gasteiger partial charge < -0.3 is 19.9 Å². The van der Waals surface area contributed by atoms with Crippen LogP contribution in [0.25, 0.3) is 10.9 Å². The molecule has 0 aliphatic carbocycles. The highest BCUT2D eigenvalue weighted by atomic mass is 16.5. The van der Waals surface area contributed by atoms with E-state index in [1.165, 1.54) is 6.07 Å². The summed E-state index contributed by atoms with van der Waals surface area (Å²) in [5, 5.41) is 3.64. The van der Waals surface area contributed by atoms with Crippen LogP contribution in [0.2, 0.25) is 0 Å². The number of carbonyl (C=O) groups is 1. The Hall–Kier alpha value is -2.34. The second-order valence-electron chi connectivity index (χ2n) is 5.01. The molecule has 0 saturated carbocycles. The summed E-state index contributed by atoms with van der Waals surface area (Å²) in [5.41, 5.74) is 0.599. The van der Waals surface area contributed by atoms with E-state index in [-0.39, 0.29) is 18.1 Å². The van der Waals surface area contributed by atoms with Crippen molar-refractivity contribution in [3.05, 3.63) is 40.7 Å². The molecule has 0 atom stereocenters. The zero-order valence-electron chi connectivity index (χ0n) is 12.2. The highest BCUT2D eigenvalue weighted by Crippen LogP contribution is 2.17. The molecule has 2 N–H and O–H groups in total. The lowest BCUT2D eigenvalue weighted by atomic mass is 10.2. The number of aromatic amines is 1. The van der Waals surface area contributed by atoms with Crippen LogP contribution in [0.15, 0.2) is 35.1 Å². The molecule has 6 heteroatoms. The van der Waals surface area contributed by atoms with Crippen LogP contribution in [-0.2, 0) is 4.79 Å². The fourth-order valence-electron chi connectivity index (χ4n) is 1.84. The Morgan fingerprint density at radius 3 is 2.86 bits per heavy atom. The number of benzene rings is 1. The third kappa shape index (κ3) is 4.61. The summed E-state index contributed by atoms with van der Waals surface area (Å²) in [6.07, 6.45) is 0. The molecule has 1 amide bonds. The van der Waals surface area contributed by atoms with Gasteiger partial charge in [-0.25, -0.2) is 0 Å². The van der Waals surface area contributed by atoms with Gasteiger partial charge in [-0.2, -0.15) is 0 Å². The van der Waals surface area contributed by atoms with Crippen molar-refractivity contribution in [2.75, 3.05) is 33.8 Å². The first kappa shape index (κ1) is 15.1. The van der Waals surface area contributed by atoms with E-state index in [1.54, 1.807) is 24.3 Å². The summed E-state index contributed by atoms with van der Waals surface area (Å²) >= 11 is 0. The molecule has 2 aromatic rings. The van der Waals surface area contributed by atoms with Gasteiger partial charge in [-0.3, -0.25) is 9.59 Å². The second kappa shape index (κ2) is 6.90. The number of H-pyrrole nitrogens is 1. The molecule has 0 spiro atoms. The van der Waals surface area contributed by atoms with Crippen LogP contribution in [0.5, 0.6) is 5.75 Å². The van der Waals surface area contributed by atoms with E-state index in [1.807, 2.05) is 19.0 Å². The van der Waals surface area contributed by atoms with Crippen molar-refractivity contribution in [3.8, 4) is 5.75 Å². The molecule has 6 nitrogen and oxygen atoms in total. The van der Waals surface area contributed by atoms with Gasteiger partial charge in [-0.05, 0) is 38.4 Å². The summed E-state index contributed by atoms with van der Waals surface area (Å²) in [6, 6.07) is 8.46. The van der Waals surface area contributed by atoms with Crippen LogP contribution >= 0.6 is 0 Å². The Morgan fingerprint density at radius 1 is 1.29 bits per heavy atom. The van der Waals surface area contributed by atoms with Crippen molar-refractivity contribution < 1.29 is 9.53 Å². The Balaban J connectivity index is 1.90. The van der Waals surface area contributed by atoms with Gasteiger partial charge >= 0.3 is 0 Å². The lowest BCUT2D eigenvalue weighted by Crippen LogP contribution is -2.34. The van der Waals surface area contributed by atoms with Crippen molar-refractivity contribution in [1.29, 1.82) is 0 Å². The van der Waals surface area contributed by atoms with Gasteiger partial charge in [0.05, 0.1) is 0 Å². The van der Waals surface area contributed by atoms with Gasteiger partial charge in [0, 0.05) is 30.1 Å². The average Bonchev–Trinajstić information content (AvgIpc) is 2.44. The number of amides is 1. The summed E-state index contributed by atoms with van der Waals surface area (Å²) in [7, 11) is 3.89. The van der Waals surface area contributed by atoms with Gasteiger partial charge in [-0.1, -0.05) is 0 Å². The van der Waals surface area contributed by atoms with Crippen LogP contribution in [0.1, 0.15) is 0 Å². The molecule has 0 unspecified atom stereocenters. The Bertz CT molecular complexity index is 679. The van der Waals surface area contributed by atoms with Crippen LogP contribution in [0.4, 0.5) is 0 Å². The summed E-state index contributed by atoms with van der Waals surface area (Å²) in [5.74, 6) is 0.440. The monoisotopic (exact) mass is 289 g/mol. The predicted octanol–water partition coefficient (Wildman–Crippen LogP) is 0.585. The first-order chi connectivity index (χ1) is 10.0. The molecule has 1 aromatic carbocycles. The topological polar surface area (TPSA) is 74.4 Å². The van der Waals surface area contributed by atoms with E-state index in [4.69, 9.17) is 4.74 Å². The van der Waals surface area contributed by atoms with Crippen molar-refractivity contribution in [2.24, 2.45) is 0 Å². The second-order valence-corrected chi connectivity index (χ2v) is 5.01. The Labute approximate surface area is 122 Å². The molecular weight excluding hydrogens is 270 g/mol. The zero-order valence-corrected chi connectivity index (χ0v) is 12.2. The van der Waals surface area contributed by atoms with E-state index in [0.717, 1.165) is 17.4 Å². The number of carbonyl (C=O) groups excluding carboxylic acids is 1. The van der Waals surface area contributed by atoms with Gasteiger partial charge in [0.15, 0.2) is 6.61 Å². The molecule has 21 heavy (non-hydrogen) atoms. The number of likely N-dealkylation sites (N-methyl/N-ethyl adjacent to an activating group) is 1. The number of rotatable bonds is 6. The van der Waals surface area contributed by atoms with E-state index < -0.39 is 0 Å². The average molecular weight is 289 g/mol. The minimum absolute atomic E-state index is 0.0255. The Morgan fingerprint density at radius 2 is 2.10 bits per heavy atom. The number of hydrogen-bond acceptors (Lipinski definition) is 4. The molecule has 0 aliphatic heterocycles. The molecular formula is C15H19N3O3. The fraction of sp³-hybridized carbons (Fsp3) is 0.333. The molecule has 0 fully saturated rings. The molecule has 0 aliphatic rings. The number of nitrogens with zero attached hydrogens (tertiary/aromatic N) is 1. The molecule has 0 radical (unpaired) electrons. The molecule has 0 bridgehead atoms. The highest BCUT2D eigenvalue weighted by Gasteiger charge is 2.03. The number of hydrogen-bond donors (Lipinski definition) is 2. The maximum absolute atomic E-state index is 11.6. The third-order valence-electron chi connectivity index (χ3n) is 2.95. The van der Waals surface area contributed by atoms with Gasteiger partial charge in [0.1, 0.15) is 5.75 Å². The smallest absolute Gasteiger partial charge is 0.257 e. The quantitative estimate of drug-likeness (QED) is 0.816. The van der Waals surface area contributed by atoms with Crippen molar-refractivity contribution in [2.45, 2.75) is 0 Å². The number of fused-ring (bicyclic) bond motifs is 1. The minimum atomic E-state index is -0.154. The maximum atomic E-state index is 11.6. The number of pyridine rings is 1. The summed E-state index contributed by atoms with van der Waals surface area (Å²) in [6.45, 7) is 1.35. The minimum Gasteiger partial charge on any atom is -0.484 e. The Kier molecular flexibility index (Phi) is 4.94. The van der Waals surface area contributed by atoms with Crippen LogP contribution in [-0.4, -0.2) is 49.6 Å². The van der Waals surface area contributed by atoms with Gasteiger partial charge in [0.2, 0.25) is 5.56 Å². The fourth-order valence-corrected chi connectivity index (χ4v) is 1.84. The molecule has 112 valence electrons. The summed E-state index contributed by atoms with van der Waals surface area (Å²) in [4.78, 5) is 27.5. The van der Waals surface area contributed by atoms with Crippen molar-refractivity contribution in [1.82, 2.24) is 15.2 Å². The van der Waals surface area contributed by atoms with Crippen LogP contribution in [0.3, 0.4) is 0 Å². The third-order valence-corrected chi connectivity index (χ3v) is 2.95. The van der Waals surface area contributed by atoms with Crippen molar-refractivity contribution in [3.63, 3.8) is 0 Å². The lowest BCUT2D eigenvalue weighted by Gasteiger charge is -2.11. The first-order valence-electron chi connectivity index (χ1n) is 6.72. The predicted molar refractivity (Wildman–Crippen MR) is 81.6 cm³/mol.